The van der Waals surface area contributed by atoms with Crippen LogP contribution in [-0.4, -0.2) is 8.80 Å². The summed E-state index contributed by atoms with van der Waals surface area (Å²) in [5, 5.41) is 1.21. The molecule has 0 N–H and O–H groups in total. The van der Waals surface area contributed by atoms with Crippen LogP contribution in [0.1, 0.15) is 63.5 Å². The van der Waals surface area contributed by atoms with Crippen molar-refractivity contribution in [2.24, 2.45) is 0 Å². The molecule has 134 valence electrons. The molecule has 0 saturated heterocycles. The summed E-state index contributed by atoms with van der Waals surface area (Å²) in [5.41, 5.74) is 3.55. The van der Waals surface area contributed by atoms with Crippen molar-refractivity contribution in [2.45, 2.75) is 52.4 Å². The molecule has 4 rings (SSSR count). The lowest BCUT2D eigenvalue weighted by molar-refractivity contribution is 0.732. The molecule has 4 aromatic rings. The number of nitrogens with zero attached hydrogens (tertiary/aromatic N) is 2. The van der Waals surface area contributed by atoms with Crippen LogP contribution in [-0.2, 0) is 0 Å². The molecule has 0 radical (unpaired) electrons. The summed E-state index contributed by atoms with van der Waals surface area (Å²) in [5.74, 6) is 0.391. The molecule has 0 bridgehead atoms. The smallest absolute Gasteiger partial charge is 0.263 e. The Bertz CT molecular complexity index is 1130. The summed E-state index contributed by atoms with van der Waals surface area (Å²) in [7, 11) is 0. The standard InChI is InChI=1S/C22H24N2O2/c1-5-13(3)17-15-9-7-11-23(15)22(26)20-18(14(4)6-2)16-10-8-12-24(16)21(25)19(17)20/h7-14H,5-6H2,1-4H3. The van der Waals surface area contributed by atoms with Crippen LogP contribution in [0.15, 0.2) is 46.2 Å². The highest BCUT2D eigenvalue weighted by molar-refractivity contribution is 5.96. The second kappa shape index (κ2) is 5.97. The molecule has 0 amide bonds. The average molecular weight is 348 g/mol. The molecule has 4 heterocycles. The van der Waals surface area contributed by atoms with Crippen LogP contribution >= 0.6 is 0 Å². The van der Waals surface area contributed by atoms with E-state index in [1.54, 1.807) is 8.80 Å². The normalized spacial score (nSPS) is 14.5. The van der Waals surface area contributed by atoms with Gasteiger partial charge in [-0.15, -0.1) is 0 Å². The van der Waals surface area contributed by atoms with Crippen molar-refractivity contribution in [1.82, 2.24) is 8.80 Å². The predicted octanol–water partition coefficient (Wildman–Crippen LogP) is 4.53. The van der Waals surface area contributed by atoms with Crippen LogP contribution < -0.4 is 11.1 Å². The van der Waals surface area contributed by atoms with E-state index < -0.39 is 0 Å². The summed E-state index contributed by atoms with van der Waals surface area (Å²) in [6.07, 6.45) is 5.46. The molecular formula is C22H24N2O2. The lowest BCUT2D eigenvalue weighted by atomic mass is 9.88. The molecule has 0 aliphatic rings. The summed E-state index contributed by atoms with van der Waals surface area (Å²) in [6, 6.07) is 7.68. The van der Waals surface area contributed by atoms with Crippen molar-refractivity contribution in [1.29, 1.82) is 0 Å². The third-order valence-corrected chi connectivity index (χ3v) is 5.91. The Hall–Kier alpha value is -2.62. The van der Waals surface area contributed by atoms with Crippen molar-refractivity contribution < 1.29 is 0 Å². The summed E-state index contributed by atoms with van der Waals surface area (Å²) >= 11 is 0. The fraction of sp³-hybridized carbons (Fsp3) is 0.364. The lowest BCUT2D eigenvalue weighted by Gasteiger charge is -2.19. The number of fused-ring (bicyclic) bond motifs is 3. The molecule has 4 heteroatoms. The van der Waals surface area contributed by atoms with Crippen molar-refractivity contribution in [3.05, 3.63) is 68.5 Å². The molecule has 2 atom stereocenters. The Morgan fingerprint density at radius 3 is 1.50 bits per heavy atom. The Balaban J connectivity index is 2.41. The van der Waals surface area contributed by atoms with Gasteiger partial charge in [-0.2, -0.15) is 0 Å². The SMILES string of the molecule is CCC(C)c1c2c(=O)n3cccc3c(C(C)CC)c2c(=O)n2cccc12. The minimum absolute atomic E-state index is 0.0804. The van der Waals surface area contributed by atoms with Gasteiger partial charge in [0, 0.05) is 12.4 Å². The first-order valence-electron chi connectivity index (χ1n) is 9.44. The molecule has 0 fully saturated rings. The molecule has 0 spiro atoms. The fourth-order valence-corrected chi connectivity index (χ4v) is 4.17. The summed E-state index contributed by atoms with van der Waals surface area (Å²) < 4.78 is 3.43. The van der Waals surface area contributed by atoms with E-state index in [0.717, 1.165) is 35.0 Å². The Morgan fingerprint density at radius 1 is 0.769 bits per heavy atom. The molecule has 26 heavy (non-hydrogen) atoms. The van der Waals surface area contributed by atoms with Crippen LogP contribution in [0.2, 0.25) is 0 Å². The monoisotopic (exact) mass is 348 g/mol. The van der Waals surface area contributed by atoms with Gasteiger partial charge in [0.15, 0.2) is 0 Å². The van der Waals surface area contributed by atoms with Crippen LogP contribution in [0.3, 0.4) is 0 Å². The lowest BCUT2D eigenvalue weighted by Crippen LogP contribution is -2.24. The largest absolute Gasteiger partial charge is 0.283 e. The third-order valence-electron chi connectivity index (χ3n) is 5.91. The van der Waals surface area contributed by atoms with Gasteiger partial charge in [0.05, 0.1) is 21.8 Å². The van der Waals surface area contributed by atoms with Gasteiger partial charge in [0.1, 0.15) is 0 Å². The molecular weight excluding hydrogens is 324 g/mol. The molecule has 0 aliphatic heterocycles. The average Bonchev–Trinajstić information content (AvgIpc) is 3.31. The third kappa shape index (κ3) is 2.08. The first-order chi connectivity index (χ1) is 12.5. The zero-order valence-corrected chi connectivity index (χ0v) is 15.7. The highest BCUT2D eigenvalue weighted by Crippen LogP contribution is 2.34. The Morgan fingerprint density at radius 2 is 1.15 bits per heavy atom. The zero-order chi connectivity index (χ0) is 18.6. The Kier molecular flexibility index (Phi) is 3.87. The fourth-order valence-electron chi connectivity index (χ4n) is 4.17. The summed E-state index contributed by atoms with van der Waals surface area (Å²) in [4.78, 5) is 26.8. The number of aromatic nitrogens is 2. The summed E-state index contributed by atoms with van der Waals surface area (Å²) in [6.45, 7) is 8.51. The van der Waals surface area contributed by atoms with E-state index in [-0.39, 0.29) is 23.0 Å². The van der Waals surface area contributed by atoms with Gasteiger partial charge >= 0.3 is 0 Å². The minimum atomic E-state index is -0.0804. The number of hydrogen-bond acceptors (Lipinski definition) is 2. The quantitative estimate of drug-likeness (QED) is 0.544. The van der Waals surface area contributed by atoms with Gasteiger partial charge in [-0.25, -0.2) is 0 Å². The second-order valence-electron chi connectivity index (χ2n) is 7.33. The highest BCUT2D eigenvalue weighted by atomic mass is 16.1. The van der Waals surface area contributed by atoms with E-state index in [1.807, 2.05) is 36.7 Å². The van der Waals surface area contributed by atoms with Gasteiger partial charge in [-0.1, -0.05) is 27.7 Å². The number of pyridine rings is 2. The minimum Gasteiger partial charge on any atom is -0.283 e. The zero-order valence-electron chi connectivity index (χ0n) is 15.7. The van der Waals surface area contributed by atoms with Crippen molar-refractivity contribution in [3.8, 4) is 0 Å². The van der Waals surface area contributed by atoms with E-state index in [9.17, 15) is 9.59 Å². The first kappa shape index (κ1) is 16.8. The van der Waals surface area contributed by atoms with E-state index in [4.69, 9.17) is 0 Å². The number of hydrogen-bond donors (Lipinski definition) is 0. The van der Waals surface area contributed by atoms with Crippen LogP contribution in [0, 0.1) is 0 Å². The maximum absolute atomic E-state index is 13.4. The maximum Gasteiger partial charge on any atom is 0.263 e. The second-order valence-corrected chi connectivity index (χ2v) is 7.33. The van der Waals surface area contributed by atoms with Crippen molar-refractivity contribution in [3.63, 3.8) is 0 Å². The predicted molar refractivity (Wildman–Crippen MR) is 107 cm³/mol. The molecule has 0 aromatic carbocycles. The molecule has 4 aromatic heterocycles. The van der Waals surface area contributed by atoms with Gasteiger partial charge < -0.3 is 0 Å². The molecule has 4 nitrogen and oxygen atoms in total. The number of rotatable bonds is 4. The van der Waals surface area contributed by atoms with Gasteiger partial charge in [-0.05, 0) is 60.1 Å². The highest BCUT2D eigenvalue weighted by Gasteiger charge is 2.25. The van der Waals surface area contributed by atoms with Gasteiger partial charge in [-0.3, -0.25) is 18.4 Å². The van der Waals surface area contributed by atoms with E-state index in [1.165, 1.54) is 0 Å². The molecule has 0 aliphatic carbocycles. The first-order valence-corrected chi connectivity index (χ1v) is 9.44. The maximum atomic E-state index is 13.4. The van der Waals surface area contributed by atoms with E-state index in [0.29, 0.717) is 10.8 Å². The van der Waals surface area contributed by atoms with Crippen LogP contribution in [0.4, 0.5) is 0 Å². The van der Waals surface area contributed by atoms with Crippen molar-refractivity contribution >= 4 is 21.8 Å². The van der Waals surface area contributed by atoms with Crippen molar-refractivity contribution in [2.75, 3.05) is 0 Å². The van der Waals surface area contributed by atoms with E-state index >= 15 is 0 Å². The Labute approximate surface area is 152 Å². The van der Waals surface area contributed by atoms with Gasteiger partial charge in [0.25, 0.3) is 11.1 Å². The van der Waals surface area contributed by atoms with Crippen LogP contribution in [0.25, 0.3) is 21.8 Å². The topological polar surface area (TPSA) is 43.0 Å². The van der Waals surface area contributed by atoms with Gasteiger partial charge in [0.2, 0.25) is 0 Å². The molecule has 0 saturated carbocycles. The van der Waals surface area contributed by atoms with Crippen LogP contribution in [0.5, 0.6) is 0 Å². The molecule has 2 unspecified atom stereocenters. The van der Waals surface area contributed by atoms with E-state index in [2.05, 4.69) is 27.7 Å².